The fourth-order valence-corrected chi connectivity index (χ4v) is 6.09. The summed E-state index contributed by atoms with van der Waals surface area (Å²) in [5.41, 5.74) is 7.78. The van der Waals surface area contributed by atoms with E-state index in [1.54, 1.807) is 47.7 Å². The van der Waals surface area contributed by atoms with E-state index in [0.717, 1.165) is 11.1 Å². The van der Waals surface area contributed by atoms with Crippen molar-refractivity contribution in [1.82, 2.24) is 9.62 Å². The van der Waals surface area contributed by atoms with Crippen molar-refractivity contribution in [2.75, 3.05) is 11.9 Å². The van der Waals surface area contributed by atoms with E-state index in [-0.39, 0.29) is 22.4 Å². The molecule has 3 aromatic rings. The Balaban J connectivity index is 1.47. The molecular weight excluding hydrogens is 460 g/mol. The first-order valence-electron chi connectivity index (χ1n) is 10.4. The molecule has 0 saturated carbocycles. The highest BCUT2D eigenvalue weighted by Gasteiger charge is 2.29. The second kappa shape index (κ2) is 9.34. The Bertz CT molecular complexity index is 1290. The second-order valence-electron chi connectivity index (χ2n) is 7.79. The predicted octanol–water partition coefficient (Wildman–Crippen LogP) is 3.48. The largest absolute Gasteiger partial charge is 0.351 e. The van der Waals surface area contributed by atoms with E-state index in [2.05, 4.69) is 10.6 Å². The highest BCUT2D eigenvalue weighted by molar-refractivity contribution is 7.89. The summed E-state index contributed by atoms with van der Waals surface area (Å²) in [6, 6.07) is 14.0. The molecule has 1 aliphatic rings. The van der Waals surface area contributed by atoms with Crippen LogP contribution in [0.15, 0.2) is 64.9 Å². The van der Waals surface area contributed by atoms with E-state index in [9.17, 15) is 18.0 Å². The molecule has 172 valence electrons. The summed E-state index contributed by atoms with van der Waals surface area (Å²) in [4.78, 5) is 25.1. The van der Waals surface area contributed by atoms with E-state index >= 15 is 0 Å². The van der Waals surface area contributed by atoms with Crippen molar-refractivity contribution in [2.24, 2.45) is 5.73 Å². The van der Waals surface area contributed by atoms with Gasteiger partial charge in [-0.05, 0) is 66.2 Å². The summed E-state index contributed by atoms with van der Waals surface area (Å²) in [6.07, 6.45) is 0.692. The number of fused-ring (bicyclic) bond motifs is 1. The van der Waals surface area contributed by atoms with Crippen molar-refractivity contribution < 1.29 is 18.0 Å². The zero-order valence-electron chi connectivity index (χ0n) is 17.9. The van der Waals surface area contributed by atoms with E-state index in [1.807, 2.05) is 18.4 Å². The van der Waals surface area contributed by atoms with Gasteiger partial charge >= 0.3 is 6.03 Å². The Kier molecular flexibility index (Phi) is 6.50. The first-order chi connectivity index (χ1) is 15.7. The smallest absolute Gasteiger partial charge is 0.316 e. The van der Waals surface area contributed by atoms with Crippen LogP contribution in [0.5, 0.6) is 0 Å². The van der Waals surface area contributed by atoms with Gasteiger partial charge in [-0.3, -0.25) is 4.79 Å². The third-order valence-corrected chi connectivity index (χ3v) is 8.40. The number of hydrogen-bond donors (Lipinski definition) is 3. The zero-order valence-corrected chi connectivity index (χ0v) is 19.6. The number of sulfonamides is 1. The van der Waals surface area contributed by atoms with Gasteiger partial charge in [0.15, 0.2) is 0 Å². The van der Waals surface area contributed by atoms with Gasteiger partial charge in [0.1, 0.15) is 0 Å². The van der Waals surface area contributed by atoms with Crippen molar-refractivity contribution >= 4 is 39.0 Å². The Hall–Kier alpha value is -3.21. The van der Waals surface area contributed by atoms with Gasteiger partial charge in [-0.15, -0.1) is 11.3 Å². The number of primary amides is 1. The SMILES string of the molecule is CC(NC(=O)c1cccc(S(=O)(=O)N2CCc3sccc3C2)c1)c1ccc(NC(N)=O)cc1. The molecule has 1 atom stereocenters. The number of nitrogens with two attached hydrogens (primary N) is 1. The molecule has 1 aromatic heterocycles. The maximum atomic E-state index is 13.2. The summed E-state index contributed by atoms with van der Waals surface area (Å²) in [7, 11) is -3.72. The lowest BCUT2D eigenvalue weighted by molar-refractivity contribution is 0.0939. The Morgan fingerprint density at radius 2 is 1.88 bits per heavy atom. The average molecular weight is 485 g/mol. The third-order valence-electron chi connectivity index (χ3n) is 5.53. The van der Waals surface area contributed by atoms with Crippen LogP contribution in [0.4, 0.5) is 10.5 Å². The fraction of sp³-hybridized carbons (Fsp3) is 0.217. The lowest BCUT2D eigenvalue weighted by Crippen LogP contribution is -2.35. The number of hydrogen-bond acceptors (Lipinski definition) is 5. The first-order valence-corrected chi connectivity index (χ1v) is 12.7. The number of rotatable bonds is 6. The summed E-state index contributed by atoms with van der Waals surface area (Å²) in [5, 5.41) is 7.34. The molecule has 0 aliphatic carbocycles. The number of urea groups is 1. The fourth-order valence-electron chi connectivity index (χ4n) is 3.74. The number of amides is 3. The molecular formula is C23H24N4O4S2. The summed E-state index contributed by atoms with van der Waals surface area (Å²) in [6.45, 7) is 2.58. The van der Waals surface area contributed by atoms with Gasteiger partial charge < -0.3 is 16.4 Å². The minimum atomic E-state index is -3.72. The van der Waals surface area contributed by atoms with Crippen LogP contribution in [0.3, 0.4) is 0 Å². The van der Waals surface area contributed by atoms with Crippen LogP contribution in [0.1, 0.15) is 39.3 Å². The predicted molar refractivity (Wildman–Crippen MR) is 128 cm³/mol. The van der Waals surface area contributed by atoms with Crippen molar-refractivity contribution in [2.45, 2.75) is 30.8 Å². The van der Waals surface area contributed by atoms with Crippen LogP contribution >= 0.6 is 11.3 Å². The molecule has 2 heterocycles. The van der Waals surface area contributed by atoms with Gasteiger partial charge in [0.25, 0.3) is 5.91 Å². The number of benzene rings is 2. The van der Waals surface area contributed by atoms with E-state index in [4.69, 9.17) is 5.73 Å². The van der Waals surface area contributed by atoms with Crippen molar-refractivity contribution in [3.63, 3.8) is 0 Å². The number of nitrogens with one attached hydrogen (secondary N) is 2. The van der Waals surface area contributed by atoms with E-state index < -0.39 is 16.1 Å². The molecule has 8 nitrogen and oxygen atoms in total. The summed E-state index contributed by atoms with van der Waals surface area (Å²) in [5.74, 6) is -0.377. The van der Waals surface area contributed by atoms with Gasteiger partial charge in [0, 0.05) is 29.2 Å². The van der Waals surface area contributed by atoms with Crippen molar-refractivity contribution in [1.29, 1.82) is 0 Å². The molecule has 4 N–H and O–H groups in total. The van der Waals surface area contributed by atoms with Crippen LogP contribution in [0.25, 0.3) is 0 Å². The molecule has 1 aliphatic heterocycles. The minimum absolute atomic E-state index is 0.100. The molecule has 3 amide bonds. The first kappa shape index (κ1) is 23.0. The van der Waals surface area contributed by atoms with Gasteiger partial charge in [-0.1, -0.05) is 18.2 Å². The molecule has 0 fully saturated rings. The molecule has 1 unspecified atom stereocenters. The molecule has 0 bridgehead atoms. The lowest BCUT2D eigenvalue weighted by atomic mass is 10.1. The highest BCUT2D eigenvalue weighted by atomic mass is 32.2. The second-order valence-corrected chi connectivity index (χ2v) is 10.7. The van der Waals surface area contributed by atoms with Crippen LogP contribution in [0.2, 0.25) is 0 Å². The standard InChI is InChI=1S/C23H24N4O4S2/c1-15(16-5-7-19(8-6-16)26-23(24)29)25-22(28)17-3-2-4-20(13-17)33(30,31)27-11-9-21-18(14-27)10-12-32-21/h2-8,10,12-13,15H,9,11,14H2,1H3,(H,25,28)(H3,24,26,29). The number of carbonyl (C=O) groups is 2. The zero-order chi connectivity index (χ0) is 23.6. The molecule has 2 aromatic carbocycles. The van der Waals surface area contributed by atoms with Gasteiger partial charge in [-0.25, -0.2) is 13.2 Å². The maximum Gasteiger partial charge on any atom is 0.316 e. The number of nitrogens with zero attached hydrogens (tertiary/aromatic N) is 1. The lowest BCUT2D eigenvalue weighted by Gasteiger charge is -2.26. The van der Waals surface area contributed by atoms with Gasteiger partial charge in [0.2, 0.25) is 10.0 Å². The minimum Gasteiger partial charge on any atom is -0.351 e. The molecule has 33 heavy (non-hydrogen) atoms. The van der Waals surface area contributed by atoms with Crippen molar-refractivity contribution in [3.05, 3.63) is 81.5 Å². The molecule has 0 radical (unpaired) electrons. The van der Waals surface area contributed by atoms with Gasteiger partial charge in [-0.2, -0.15) is 4.31 Å². The highest BCUT2D eigenvalue weighted by Crippen LogP contribution is 2.28. The summed E-state index contributed by atoms with van der Waals surface area (Å²) >= 11 is 1.65. The van der Waals surface area contributed by atoms with E-state index in [1.165, 1.54) is 21.3 Å². The van der Waals surface area contributed by atoms with Crippen molar-refractivity contribution in [3.8, 4) is 0 Å². The quantitative estimate of drug-likeness (QED) is 0.496. The molecule has 10 heteroatoms. The third kappa shape index (κ3) is 5.08. The van der Waals surface area contributed by atoms with Crippen LogP contribution in [-0.2, 0) is 23.0 Å². The Labute approximate surface area is 196 Å². The normalized spacial score (nSPS) is 14.8. The Morgan fingerprint density at radius 1 is 1.12 bits per heavy atom. The van der Waals surface area contributed by atoms with Crippen LogP contribution in [-0.4, -0.2) is 31.2 Å². The van der Waals surface area contributed by atoms with E-state index in [0.29, 0.717) is 25.2 Å². The average Bonchev–Trinajstić information content (AvgIpc) is 3.27. The Morgan fingerprint density at radius 3 is 2.61 bits per heavy atom. The number of carbonyl (C=O) groups excluding carboxylic acids is 2. The van der Waals surface area contributed by atoms with Crippen LogP contribution < -0.4 is 16.4 Å². The van der Waals surface area contributed by atoms with Gasteiger partial charge in [0.05, 0.1) is 10.9 Å². The summed E-state index contributed by atoms with van der Waals surface area (Å²) < 4.78 is 27.9. The topological polar surface area (TPSA) is 122 Å². The monoisotopic (exact) mass is 484 g/mol. The number of anilines is 1. The molecule has 4 rings (SSSR count). The maximum absolute atomic E-state index is 13.2. The number of thiophene rings is 1. The van der Waals surface area contributed by atoms with Crippen LogP contribution in [0, 0.1) is 0 Å². The molecule has 0 saturated heterocycles. The molecule has 0 spiro atoms.